The van der Waals surface area contributed by atoms with E-state index in [0.717, 1.165) is 116 Å². The molecule has 0 heterocycles. The molecule has 10 nitrogen and oxygen atoms in total. The fourth-order valence-corrected chi connectivity index (χ4v) is 7.94. The Bertz CT molecular complexity index is 1310. The van der Waals surface area contributed by atoms with Gasteiger partial charge in [-0.2, -0.15) is 0 Å². The summed E-state index contributed by atoms with van der Waals surface area (Å²) < 4.78 is 27.9. The van der Waals surface area contributed by atoms with E-state index in [-0.39, 0.29) is 57.4 Å². The Morgan fingerprint density at radius 2 is 0.833 bits per heavy atom. The Balaban J connectivity index is 0. The SMILES string of the molecule is C=CC/C=C\CCCCCCCC(=O)OCC(COC(=O)CCCCCCC/C=C\C/C=C\CCCCC)OC(=O)CCC(CCCCCCCCCCCC)OC(=O)OCCCN(C)C.CCCCCC. The predicted octanol–water partition coefficient (Wildman–Crippen LogP) is 17.8. The minimum Gasteiger partial charge on any atom is -0.462 e. The molecule has 0 N–H and O–H groups in total. The molecule has 0 bridgehead atoms. The Morgan fingerprint density at radius 1 is 0.417 bits per heavy atom. The van der Waals surface area contributed by atoms with Crippen molar-refractivity contribution in [3.8, 4) is 0 Å². The van der Waals surface area contributed by atoms with Crippen LogP contribution in [0.2, 0.25) is 0 Å². The maximum absolute atomic E-state index is 13.3. The standard InChI is InChI=1S/C56H99NO9.C6H14/c1-6-9-12-15-18-21-24-25-26-27-28-31-34-37-40-44-54(59)64-50-52(49-63-53(58)43-39-36-33-30-23-20-17-14-11-8-3)65-55(60)46-45-51(66-56(61)62-48-41-47-57(4)5)42-38-35-32-29-22-19-16-13-10-7-2;1-3-5-6-4-2/h8,14,17-18,21,25-26,51-52H,3,6-7,9-13,15-16,19-20,22-24,27-50H2,1-2,4-5H3;3-6H2,1-2H3/b17-14-,21-18-,26-25-;. The first-order chi connectivity index (χ1) is 35.1. The number of rotatable bonds is 51. The molecule has 0 aromatic heterocycles. The van der Waals surface area contributed by atoms with Crippen molar-refractivity contribution in [3.05, 3.63) is 49.1 Å². The first kappa shape index (κ1) is 70.7. The highest BCUT2D eigenvalue weighted by Crippen LogP contribution is 2.18. The minimum absolute atomic E-state index is 0.00919. The number of ether oxygens (including phenoxy) is 5. The third-order valence-corrected chi connectivity index (χ3v) is 12.5. The fraction of sp³-hybridized carbons (Fsp3) is 0.806. The van der Waals surface area contributed by atoms with Crippen molar-refractivity contribution in [3.63, 3.8) is 0 Å². The van der Waals surface area contributed by atoms with Gasteiger partial charge >= 0.3 is 24.1 Å². The minimum atomic E-state index is -0.938. The first-order valence-electron chi connectivity index (χ1n) is 29.7. The van der Waals surface area contributed by atoms with Crippen LogP contribution < -0.4 is 0 Å². The highest BCUT2D eigenvalue weighted by Gasteiger charge is 2.22. The van der Waals surface area contributed by atoms with Gasteiger partial charge in [0.05, 0.1) is 6.61 Å². The van der Waals surface area contributed by atoms with Gasteiger partial charge in [0.1, 0.15) is 19.3 Å². The highest BCUT2D eigenvalue weighted by atomic mass is 16.7. The number of nitrogens with zero attached hydrogens (tertiary/aromatic N) is 1. The summed E-state index contributed by atoms with van der Waals surface area (Å²) in [6.45, 7) is 13.3. The summed E-state index contributed by atoms with van der Waals surface area (Å²) in [5.74, 6) is -1.26. The summed E-state index contributed by atoms with van der Waals surface area (Å²) in [5.41, 5.74) is 0. The van der Waals surface area contributed by atoms with Crippen molar-refractivity contribution in [2.45, 2.75) is 284 Å². The third kappa shape index (κ3) is 57.5. The monoisotopic (exact) mass is 1020 g/mol. The van der Waals surface area contributed by atoms with Crippen LogP contribution in [0, 0.1) is 0 Å². The van der Waals surface area contributed by atoms with E-state index in [9.17, 15) is 19.2 Å². The van der Waals surface area contributed by atoms with Crippen molar-refractivity contribution >= 4 is 24.1 Å². The first-order valence-corrected chi connectivity index (χ1v) is 29.7. The average molecular weight is 1020 g/mol. The quantitative estimate of drug-likeness (QED) is 0.0252. The van der Waals surface area contributed by atoms with Gasteiger partial charge in [-0.1, -0.05) is 205 Å². The van der Waals surface area contributed by atoms with Crippen molar-refractivity contribution in [1.29, 1.82) is 0 Å². The summed E-state index contributed by atoms with van der Waals surface area (Å²) in [6.07, 6.45) is 51.6. The lowest BCUT2D eigenvalue weighted by Crippen LogP contribution is -2.31. The van der Waals surface area contributed by atoms with Crippen LogP contribution in [0.3, 0.4) is 0 Å². The van der Waals surface area contributed by atoms with Crippen molar-refractivity contribution in [2.75, 3.05) is 40.5 Å². The molecular formula is C62H113NO9. The predicted molar refractivity (Wildman–Crippen MR) is 302 cm³/mol. The summed E-state index contributed by atoms with van der Waals surface area (Å²) in [7, 11) is 3.93. The molecule has 0 spiro atoms. The van der Waals surface area contributed by atoms with Crippen molar-refractivity contribution in [2.24, 2.45) is 0 Å². The van der Waals surface area contributed by atoms with Gasteiger partial charge in [0.15, 0.2) is 6.10 Å². The van der Waals surface area contributed by atoms with E-state index in [1.54, 1.807) is 0 Å². The Kier molecular flexibility index (Phi) is 57.4. The van der Waals surface area contributed by atoms with Crippen LogP contribution in [0.4, 0.5) is 4.79 Å². The molecule has 2 unspecified atom stereocenters. The maximum Gasteiger partial charge on any atom is 0.508 e. The lowest BCUT2D eigenvalue weighted by Gasteiger charge is -2.20. The zero-order chi connectivity index (χ0) is 53.2. The molecule has 0 aromatic carbocycles. The molecule has 0 aliphatic rings. The Hall–Kier alpha value is -3.40. The van der Waals surface area contributed by atoms with Gasteiger partial charge in [0.2, 0.25) is 0 Å². The summed E-state index contributed by atoms with van der Waals surface area (Å²) in [4.78, 5) is 53.4. The van der Waals surface area contributed by atoms with E-state index < -0.39 is 24.3 Å². The van der Waals surface area contributed by atoms with E-state index in [1.807, 2.05) is 25.1 Å². The van der Waals surface area contributed by atoms with Gasteiger partial charge in [0, 0.05) is 25.8 Å². The van der Waals surface area contributed by atoms with Crippen LogP contribution in [0.25, 0.3) is 0 Å². The van der Waals surface area contributed by atoms with E-state index in [4.69, 9.17) is 23.7 Å². The van der Waals surface area contributed by atoms with E-state index >= 15 is 0 Å². The molecule has 72 heavy (non-hydrogen) atoms. The molecular weight excluding hydrogens is 903 g/mol. The topological polar surface area (TPSA) is 118 Å². The molecule has 0 aromatic rings. The molecule has 0 rings (SSSR count). The van der Waals surface area contributed by atoms with E-state index in [2.05, 4.69) is 70.7 Å². The molecule has 420 valence electrons. The summed E-state index contributed by atoms with van der Waals surface area (Å²) >= 11 is 0. The number of hydrogen-bond acceptors (Lipinski definition) is 10. The summed E-state index contributed by atoms with van der Waals surface area (Å²) in [6, 6.07) is 0. The van der Waals surface area contributed by atoms with Crippen LogP contribution in [-0.2, 0) is 38.1 Å². The van der Waals surface area contributed by atoms with Gasteiger partial charge in [-0.3, -0.25) is 14.4 Å². The van der Waals surface area contributed by atoms with E-state index in [1.165, 1.54) is 96.3 Å². The smallest absolute Gasteiger partial charge is 0.462 e. The number of carbonyl (C=O) groups is 4. The van der Waals surface area contributed by atoms with Crippen LogP contribution in [-0.4, -0.2) is 81.6 Å². The second-order valence-corrected chi connectivity index (χ2v) is 20.0. The van der Waals surface area contributed by atoms with Gasteiger partial charge in [0.25, 0.3) is 0 Å². The van der Waals surface area contributed by atoms with Crippen molar-refractivity contribution < 1.29 is 42.9 Å². The number of carbonyl (C=O) groups excluding carboxylic acids is 4. The van der Waals surface area contributed by atoms with Crippen molar-refractivity contribution in [1.82, 2.24) is 4.90 Å². The lowest BCUT2D eigenvalue weighted by atomic mass is 10.0. The molecule has 0 fully saturated rings. The largest absolute Gasteiger partial charge is 0.508 e. The number of unbranched alkanes of at least 4 members (excludes halogenated alkanes) is 25. The van der Waals surface area contributed by atoms with Gasteiger partial charge in [-0.05, 0) is 104 Å². The van der Waals surface area contributed by atoms with Crippen LogP contribution in [0.15, 0.2) is 49.1 Å². The molecule has 0 saturated heterocycles. The third-order valence-electron chi connectivity index (χ3n) is 12.5. The second-order valence-electron chi connectivity index (χ2n) is 20.0. The fourth-order valence-electron chi connectivity index (χ4n) is 7.94. The molecule has 0 amide bonds. The molecule has 0 aliphatic heterocycles. The van der Waals surface area contributed by atoms with Gasteiger partial charge in [-0.25, -0.2) is 4.79 Å². The zero-order valence-corrected chi connectivity index (χ0v) is 47.7. The number of esters is 3. The average Bonchev–Trinajstić information content (AvgIpc) is 3.36. The highest BCUT2D eigenvalue weighted by molar-refractivity contribution is 5.71. The van der Waals surface area contributed by atoms with E-state index in [0.29, 0.717) is 12.8 Å². The van der Waals surface area contributed by atoms with Crippen LogP contribution >= 0.6 is 0 Å². The van der Waals surface area contributed by atoms with Crippen LogP contribution in [0.5, 0.6) is 0 Å². The molecule has 2 atom stereocenters. The Morgan fingerprint density at radius 3 is 1.32 bits per heavy atom. The molecule has 0 radical (unpaired) electrons. The number of allylic oxidation sites excluding steroid dienone is 7. The molecule has 10 heteroatoms. The normalized spacial score (nSPS) is 12.3. The maximum atomic E-state index is 13.3. The summed E-state index contributed by atoms with van der Waals surface area (Å²) in [5, 5.41) is 0. The molecule has 0 saturated carbocycles. The lowest BCUT2D eigenvalue weighted by molar-refractivity contribution is -0.167. The zero-order valence-electron chi connectivity index (χ0n) is 47.7. The van der Waals surface area contributed by atoms with Gasteiger partial charge < -0.3 is 28.6 Å². The van der Waals surface area contributed by atoms with Gasteiger partial charge in [-0.15, -0.1) is 6.58 Å². The second kappa shape index (κ2) is 58.5. The Labute approximate surface area is 443 Å². The van der Waals surface area contributed by atoms with Crippen LogP contribution in [0.1, 0.15) is 272 Å². The molecule has 0 aliphatic carbocycles. The number of hydrogen-bond donors (Lipinski definition) is 0.